The smallest absolute Gasteiger partial charge is 0.304 e. The number of pyridine rings is 2. The third-order valence-corrected chi connectivity index (χ3v) is 6.85. The first-order chi connectivity index (χ1) is 28.4. The molecule has 0 atom stereocenters. The van der Waals surface area contributed by atoms with E-state index in [4.69, 9.17) is 0 Å². The fourth-order valence-electron chi connectivity index (χ4n) is 4.20. The first-order valence-electron chi connectivity index (χ1n) is 15.8. The predicted octanol–water partition coefficient (Wildman–Crippen LogP) is 16.0. The van der Waals surface area contributed by atoms with Crippen LogP contribution in [0.2, 0.25) is 0 Å². The Bertz CT molecular complexity index is 2250. The Balaban J connectivity index is 0.000000305. The van der Waals surface area contributed by atoms with Crippen molar-refractivity contribution >= 4 is 7.81 Å². The molecule has 64 heavy (non-hydrogen) atoms. The van der Waals surface area contributed by atoms with Gasteiger partial charge < -0.3 is 20.6 Å². The summed E-state index contributed by atoms with van der Waals surface area (Å²) in [6.07, 6.45) is -12.5. The maximum absolute atomic E-state index is 13.3. The fourth-order valence-corrected chi connectivity index (χ4v) is 4.20. The van der Waals surface area contributed by atoms with E-state index in [1.807, 2.05) is 0 Å². The van der Waals surface area contributed by atoms with E-state index in [1.54, 1.807) is 0 Å². The molecule has 4 aromatic rings. The number of rotatable bonds is 2. The van der Waals surface area contributed by atoms with Gasteiger partial charge in [-0.3, -0.25) is 17.6 Å². The van der Waals surface area contributed by atoms with Crippen molar-refractivity contribution in [1.29, 1.82) is 0 Å². The number of benzene rings is 2. The van der Waals surface area contributed by atoms with Gasteiger partial charge in [-0.05, 0) is 11.4 Å². The van der Waals surface area contributed by atoms with Crippen molar-refractivity contribution in [2.75, 3.05) is 0 Å². The van der Waals surface area contributed by atoms with Crippen molar-refractivity contribution in [3.8, 4) is 22.5 Å². The van der Waals surface area contributed by atoms with Crippen LogP contribution in [0.15, 0.2) is 120 Å². The van der Waals surface area contributed by atoms with Gasteiger partial charge in [0.1, 0.15) is 0 Å². The molecule has 0 unspecified atom stereocenters. The van der Waals surface area contributed by atoms with Crippen LogP contribution in [0.4, 0.5) is 95.4 Å². The summed E-state index contributed by atoms with van der Waals surface area (Å²) in [5, 5.41) is 7.23. The molecule has 0 amide bonds. The average molecular weight is 1150 g/mol. The first-order valence-corrected chi connectivity index (χ1v) is 17.9. The summed E-state index contributed by atoms with van der Waals surface area (Å²) < 4.78 is 260. The van der Waals surface area contributed by atoms with Crippen LogP contribution in [0.25, 0.3) is 33.1 Å². The van der Waals surface area contributed by atoms with E-state index in [2.05, 4.69) is 32.7 Å². The third-order valence-electron chi connectivity index (χ3n) is 6.85. The van der Waals surface area contributed by atoms with Gasteiger partial charge in [0, 0.05) is 55.8 Å². The van der Waals surface area contributed by atoms with Gasteiger partial charge in [-0.1, -0.05) is 71.8 Å². The molecule has 0 saturated carbocycles. The third kappa shape index (κ3) is 18.7. The van der Waals surface area contributed by atoms with E-state index in [0.29, 0.717) is 36.7 Å². The monoisotopic (exact) mass is 1150 g/mol. The van der Waals surface area contributed by atoms with Crippen LogP contribution in [0.3, 0.4) is 0 Å². The molecule has 2 aliphatic rings. The molecule has 4 heterocycles. The van der Waals surface area contributed by atoms with Gasteiger partial charge >= 0.3 is 57.7 Å². The van der Waals surface area contributed by atoms with Gasteiger partial charge in [0.2, 0.25) is 0 Å². The Morgan fingerprint density at radius 2 is 0.797 bits per heavy atom. The number of alkyl halides is 12. The predicted molar refractivity (Wildman–Crippen MR) is 181 cm³/mol. The topological polar surface area (TPSA) is 54.0 Å². The summed E-state index contributed by atoms with van der Waals surface area (Å²) in [5.74, 6) is -3.49. The number of hydrogen-bond donors (Lipinski definition) is 0. The summed E-state index contributed by atoms with van der Waals surface area (Å²) >= 11 is 0. The molecule has 0 spiro atoms. The second kappa shape index (κ2) is 19.4. The zero-order valence-corrected chi connectivity index (χ0v) is 33.4. The minimum Gasteiger partial charge on any atom is -0.304 e. The van der Waals surface area contributed by atoms with E-state index >= 15 is 0 Å². The summed E-state index contributed by atoms with van der Waals surface area (Å²) in [6, 6.07) is 11.1. The van der Waals surface area contributed by atoms with E-state index in [9.17, 15) is 95.4 Å². The molecule has 0 bridgehead atoms. The first kappa shape index (κ1) is 54.7. The molecule has 0 N–H and O–H groups in total. The molecular formula is C36H16F22IrN4P-5. The normalized spacial score (nSPS) is 16.2. The van der Waals surface area contributed by atoms with Crippen molar-refractivity contribution in [2.45, 2.75) is 24.7 Å². The van der Waals surface area contributed by atoms with Crippen molar-refractivity contribution in [3.05, 3.63) is 177 Å². The minimum atomic E-state index is -10.7. The van der Waals surface area contributed by atoms with E-state index in [1.165, 1.54) is 0 Å². The molecule has 0 fully saturated rings. The number of halogens is 22. The standard InChI is InChI=1S/C12H6F6N2.2C12H5F5N.F6P.Ir/c13-11(14,15)7-1-3-19-9(5-7)10-6-8(2-4-20-10)12(16,17)18;2*13-8-2-3-9(10(14)5-8)11-4-1-7(6-18-11)12(15,16)17;1-7(2,3,4,5)6;/h1-6H;2*1-2,4-6H;;/q-2;3*-1;. The second-order valence-electron chi connectivity index (χ2n) is 11.8. The quantitative estimate of drug-likeness (QED) is 0.114. The maximum atomic E-state index is 13.3. The number of allylic oxidation sites excluding steroid dienone is 6. The van der Waals surface area contributed by atoms with Crippen molar-refractivity contribution in [3.63, 3.8) is 0 Å². The number of aromatic nitrogens is 2. The van der Waals surface area contributed by atoms with Crippen LogP contribution < -0.4 is 0 Å². The molecule has 4 nitrogen and oxygen atoms in total. The summed E-state index contributed by atoms with van der Waals surface area (Å²) in [4.78, 5) is 6.98. The second-order valence-corrected chi connectivity index (χ2v) is 13.7. The molecular weight excluding hydrogens is 1130 g/mol. The largest absolute Gasteiger partial charge is 0.417 e. The summed E-state index contributed by atoms with van der Waals surface area (Å²) in [7, 11) is -10.7. The Labute approximate surface area is 357 Å². The van der Waals surface area contributed by atoms with Crippen LogP contribution in [0, 0.1) is 35.4 Å². The van der Waals surface area contributed by atoms with E-state index in [0.717, 1.165) is 61.0 Å². The summed E-state index contributed by atoms with van der Waals surface area (Å²) in [6.45, 7) is 0. The molecule has 0 aliphatic carbocycles. The SMILES string of the molecule is FC(F)(F)C1=CC(=C2C=C(C(F)(F)F)C=C[N-]2)[N-]C=C1.F[P-](F)(F)(F)(F)F.Fc1c[c-]c(-c2ccc(C(F)(F)F)cn2)c(F)c1.Fc1c[c-]c(-c2ccc(C(F)(F)F)cn2)c(F)c1.[Ir]. The molecule has 353 valence electrons. The van der Waals surface area contributed by atoms with Gasteiger partial charge in [-0.25, -0.2) is 0 Å². The molecule has 28 heteroatoms. The van der Waals surface area contributed by atoms with E-state index in [-0.39, 0.29) is 54.0 Å². The maximum Gasteiger partial charge on any atom is 0.417 e. The Hall–Kier alpha value is -5.42. The van der Waals surface area contributed by atoms with Crippen LogP contribution in [0.1, 0.15) is 11.1 Å². The van der Waals surface area contributed by atoms with Crippen molar-refractivity contribution in [2.24, 2.45) is 0 Å². The van der Waals surface area contributed by atoms with Gasteiger partial charge in [0.05, 0.1) is 22.3 Å². The number of hydrogen-bond acceptors (Lipinski definition) is 2. The molecule has 0 saturated heterocycles. The van der Waals surface area contributed by atoms with Gasteiger partial charge in [-0.15, -0.1) is 24.3 Å². The molecule has 1 radical (unpaired) electrons. The average Bonchev–Trinajstić information content (AvgIpc) is 3.13. The Morgan fingerprint density at radius 1 is 0.484 bits per heavy atom. The summed E-state index contributed by atoms with van der Waals surface area (Å²) in [5.41, 5.74) is -4.85. The minimum absolute atomic E-state index is 0. The fraction of sp³-hybridized carbons (Fsp3) is 0.111. The zero-order valence-electron chi connectivity index (χ0n) is 30.1. The van der Waals surface area contributed by atoms with Crippen LogP contribution in [-0.2, 0) is 32.5 Å². The number of nitrogens with zero attached hydrogens (tertiary/aromatic N) is 4. The van der Waals surface area contributed by atoms with Gasteiger partial charge in [-0.2, -0.15) is 76.5 Å². The Kier molecular flexibility index (Phi) is 16.5. The van der Waals surface area contributed by atoms with Gasteiger partial charge in [0.25, 0.3) is 0 Å². The van der Waals surface area contributed by atoms with Crippen LogP contribution in [0.5, 0.6) is 0 Å². The van der Waals surface area contributed by atoms with E-state index < -0.39 is 78.1 Å². The molecule has 2 aromatic carbocycles. The Morgan fingerprint density at radius 3 is 1.03 bits per heavy atom. The van der Waals surface area contributed by atoms with Gasteiger partial charge in [0.15, 0.2) is 0 Å². The van der Waals surface area contributed by atoms with Crippen molar-refractivity contribution < 1.29 is 116 Å². The van der Waals surface area contributed by atoms with Crippen molar-refractivity contribution in [1.82, 2.24) is 9.97 Å². The zero-order chi connectivity index (χ0) is 48.0. The molecule has 2 aromatic heterocycles. The molecule has 2 aliphatic heterocycles. The van der Waals surface area contributed by atoms with Crippen LogP contribution >= 0.6 is 7.81 Å². The van der Waals surface area contributed by atoms with Crippen LogP contribution in [-0.4, -0.2) is 22.3 Å². The molecule has 6 rings (SSSR count).